The minimum Gasteiger partial charge on any atom is -0.378 e. The summed E-state index contributed by atoms with van der Waals surface area (Å²) in [6, 6.07) is 9.70. The highest BCUT2D eigenvalue weighted by Gasteiger charge is 2.06. The van der Waals surface area contributed by atoms with Crippen LogP contribution in [0.1, 0.15) is 15.2 Å². The molecule has 0 spiro atoms. The van der Waals surface area contributed by atoms with Gasteiger partial charge in [0, 0.05) is 10.2 Å². The average molecular weight is 310 g/mol. The Bertz CT molecular complexity index is 522. The Labute approximate surface area is 113 Å². The Kier molecular flexibility index (Phi) is 3.97. The van der Waals surface area contributed by atoms with Crippen molar-refractivity contribution >= 4 is 38.7 Å². The Morgan fingerprint density at radius 3 is 2.88 bits per heavy atom. The number of carbonyl (C=O) groups is 1. The van der Waals surface area contributed by atoms with Crippen LogP contribution in [0, 0.1) is 6.92 Å². The van der Waals surface area contributed by atoms with Crippen molar-refractivity contribution in [2.45, 2.75) is 6.92 Å². The number of halogens is 1. The molecule has 17 heavy (non-hydrogen) atoms. The fourth-order valence-electron chi connectivity index (χ4n) is 1.46. The average Bonchev–Trinajstić information content (AvgIpc) is 2.84. The lowest BCUT2D eigenvalue weighted by Gasteiger charge is -2.06. The van der Waals surface area contributed by atoms with Crippen molar-refractivity contribution in [2.75, 3.05) is 11.9 Å². The lowest BCUT2D eigenvalue weighted by Crippen LogP contribution is -2.12. The van der Waals surface area contributed by atoms with Crippen molar-refractivity contribution in [3.05, 3.63) is 50.6 Å². The minimum absolute atomic E-state index is 0.126. The molecule has 1 aromatic heterocycles. The van der Waals surface area contributed by atoms with Gasteiger partial charge < -0.3 is 5.32 Å². The quantitative estimate of drug-likeness (QED) is 0.861. The van der Waals surface area contributed by atoms with E-state index in [0.717, 1.165) is 20.6 Å². The van der Waals surface area contributed by atoms with E-state index >= 15 is 0 Å². The van der Waals surface area contributed by atoms with Gasteiger partial charge in [-0.1, -0.05) is 22.0 Å². The molecular weight excluding hydrogens is 298 g/mol. The Morgan fingerprint density at radius 2 is 2.24 bits per heavy atom. The van der Waals surface area contributed by atoms with Crippen molar-refractivity contribution in [1.82, 2.24) is 0 Å². The zero-order valence-corrected chi connectivity index (χ0v) is 11.8. The molecular formula is C13H12BrNOS. The molecule has 0 aliphatic rings. The van der Waals surface area contributed by atoms with E-state index in [2.05, 4.69) is 21.2 Å². The maximum Gasteiger partial charge on any atom is 0.191 e. The van der Waals surface area contributed by atoms with Crippen LogP contribution < -0.4 is 5.32 Å². The molecule has 88 valence electrons. The molecule has 1 N–H and O–H groups in total. The van der Waals surface area contributed by atoms with Gasteiger partial charge in [-0.25, -0.2) is 0 Å². The molecule has 2 rings (SSSR count). The van der Waals surface area contributed by atoms with Crippen LogP contribution in [0.2, 0.25) is 0 Å². The smallest absolute Gasteiger partial charge is 0.191 e. The first kappa shape index (κ1) is 12.3. The van der Waals surface area contributed by atoms with Crippen LogP contribution in [0.5, 0.6) is 0 Å². The van der Waals surface area contributed by atoms with E-state index in [1.807, 2.05) is 42.6 Å². The van der Waals surface area contributed by atoms with Gasteiger partial charge in [-0.05, 0) is 42.1 Å². The van der Waals surface area contributed by atoms with Gasteiger partial charge in [-0.15, -0.1) is 11.3 Å². The molecule has 1 aromatic carbocycles. The van der Waals surface area contributed by atoms with Crippen molar-refractivity contribution in [3.8, 4) is 0 Å². The molecule has 2 nitrogen and oxygen atoms in total. The van der Waals surface area contributed by atoms with Gasteiger partial charge in [0.1, 0.15) is 0 Å². The highest BCUT2D eigenvalue weighted by molar-refractivity contribution is 9.10. The van der Waals surface area contributed by atoms with Crippen LogP contribution in [0.25, 0.3) is 0 Å². The van der Waals surface area contributed by atoms with Gasteiger partial charge in [-0.2, -0.15) is 0 Å². The lowest BCUT2D eigenvalue weighted by atomic mass is 10.2. The summed E-state index contributed by atoms with van der Waals surface area (Å²) in [7, 11) is 0. The number of rotatable bonds is 4. The van der Waals surface area contributed by atoms with Gasteiger partial charge in [0.25, 0.3) is 0 Å². The normalized spacial score (nSPS) is 10.2. The lowest BCUT2D eigenvalue weighted by molar-refractivity contribution is 0.101. The number of nitrogens with one attached hydrogen (secondary N) is 1. The number of aryl methyl sites for hydroxylation is 1. The van der Waals surface area contributed by atoms with Crippen LogP contribution in [0.15, 0.2) is 40.2 Å². The summed E-state index contributed by atoms with van der Waals surface area (Å²) in [6.45, 7) is 2.36. The third-order valence-electron chi connectivity index (χ3n) is 2.41. The highest BCUT2D eigenvalue weighted by atomic mass is 79.9. The van der Waals surface area contributed by atoms with E-state index in [4.69, 9.17) is 0 Å². The molecule has 0 bridgehead atoms. The number of ketones is 1. The third-order valence-corrected chi connectivity index (χ3v) is 4.21. The molecule has 0 aliphatic carbocycles. The number of Topliss-reactive ketones (excluding diaryl/α,β-unsaturated/α-hetero) is 1. The summed E-state index contributed by atoms with van der Waals surface area (Å²) in [6.07, 6.45) is 0. The predicted molar refractivity (Wildman–Crippen MR) is 76.0 cm³/mol. The third kappa shape index (κ3) is 3.17. The second kappa shape index (κ2) is 5.47. The molecule has 0 saturated heterocycles. The summed E-state index contributed by atoms with van der Waals surface area (Å²) < 4.78 is 1.08. The number of thiophene rings is 1. The zero-order chi connectivity index (χ0) is 12.3. The second-order valence-electron chi connectivity index (χ2n) is 3.72. The first-order valence-corrected chi connectivity index (χ1v) is 6.91. The summed E-state index contributed by atoms with van der Waals surface area (Å²) in [4.78, 5) is 12.6. The maximum absolute atomic E-state index is 11.8. The van der Waals surface area contributed by atoms with Gasteiger partial charge in [0.2, 0.25) is 0 Å². The van der Waals surface area contributed by atoms with Crippen LogP contribution in [-0.4, -0.2) is 12.3 Å². The zero-order valence-electron chi connectivity index (χ0n) is 9.37. The SMILES string of the molecule is Cc1cc(NCC(=O)c2cccs2)ccc1Br. The number of hydrogen-bond donors (Lipinski definition) is 1. The molecule has 0 radical (unpaired) electrons. The topological polar surface area (TPSA) is 29.1 Å². The Balaban J connectivity index is 1.98. The van der Waals surface area contributed by atoms with Crippen molar-refractivity contribution in [2.24, 2.45) is 0 Å². The number of hydrogen-bond acceptors (Lipinski definition) is 3. The van der Waals surface area contributed by atoms with Crippen LogP contribution >= 0.6 is 27.3 Å². The highest BCUT2D eigenvalue weighted by Crippen LogP contribution is 2.20. The maximum atomic E-state index is 11.8. The van der Waals surface area contributed by atoms with Crippen molar-refractivity contribution in [3.63, 3.8) is 0 Å². The fourth-order valence-corrected chi connectivity index (χ4v) is 2.37. The number of anilines is 1. The van der Waals surface area contributed by atoms with Gasteiger partial charge in [-0.3, -0.25) is 4.79 Å². The van der Waals surface area contributed by atoms with Crippen molar-refractivity contribution in [1.29, 1.82) is 0 Å². The molecule has 0 aliphatic heterocycles. The van der Waals surface area contributed by atoms with E-state index in [9.17, 15) is 4.79 Å². The van der Waals surface area contributed by atoms with Gasteiger partial charge in [0.05, 0.1) is 11.4 Å². The minimum atomic E-state index is 0.126. The Hall–Kier alpha value is -1.13. The number of carbonyl (C=O) groups excluding carboxylic acids is 1. The standard InChI is InChI=1S/C13H12BrNOS/c1-9-7-10(4-5-11(9)14)15-8-12(16)13-3-2-6-17-13/h2-7,15H,8H2,1H3. The first-order valence-electron chi connectivity index (χ1n) is 5.23. The Morgan fingerprint density at radius 1 is 1.41 bits per heavy atom. The van der Waals surface area contributed by atoms with E-state index in [0.29, 0.717) is 6.54 Å². The second-order valence-corrected chi connectivity index (χ2v) is 5.52. The first-order chi connectivity index (χ1) is 8.16. The molecule has 0 atom stereocenters. The van der Waals surface area contributed by atoms with Gasteiger partial charge >= 0.3 is 0 Å². The van der Waals surface area contributed by atoms with Gasteiger partial charge in [0.15, 0.2) is 5.78 Å². The summed E-state index contributed by atoms with van der Waals surface area (Å²) in [5.41, 5.74) is 2.12. The molecule has 0 amide bonds. The van der Waals surface area contributed by atoms with Crippen LogP contribution in [0.3, 0.4) is 0 Å². The fraction of sp³-hybridized carbons (Fsp3) is 0.154. The van der Waals surface area contributed by atoms with Crippen molar-refractivity contribution < 1.29 is 4.79 Å². The van der Waals surface area contributed by atoms with E-state index in [1.165, 1.54) is 11.3 Å². The molecule has 0 saturated carbocycles. The molecule has 0 fully saturated rings. The van der Waals surface area contributed by atoms with Crippen LogP contribution in [0.4, 0.5) is 5.69 Å². The largest absolute Gasteiger partial charge is 0.378 e. The predicted octanol–water partition coefficient (Wildman–Crippen LogP) is 4.11. The summed E-state index contributed by atoms with van der Waals surface area (Å²) in [5.74, 6) is 0.126. The number of benzene rings is 1. The van der Waals surface area contributed by atoms with E-state index in [-0.39, 0.29) is 5.78 Å². The molecule has 1 heterocycles. The summed E-state index contributed by atoms with van der Waals surface area (Å²) in [5, 5.41) is 5.05. The summed E-state index contributed by atoms with van der Waals surface area (Å²) >= 11 is 4.92. The molecule has 2 aromatic rings. The monoisotopic (exact) mass is 309 g/mol. The van der Waals surface area contributed by atoms with E-state index in [1.54, 1.807) is 0 Å². The van der Waals surface area contributed by atoms with Crippen LogP contribution in [-0.2, 0) is 0 Å². The molecule has 4 heteroatoms. The van der Waals surface area contributed by atoms with E-state index < -0.39 is 0 Å². The molecule has 0 unspecified atom stereocenters.